The summed E-state index contributed by atoms with van der Waals surface area (Å²) in [7, 11) is 2.06. The summed E-state index contributed by atoms with van der Waals surface area (Å²) in [6.07, 6.45) is 2.32. The molecule has 0 bridgehead atoms. The molecule has 0 radical (unpaired) electrons. The summed E-state index contributed by atoms with van der Waals surface area (Å²) in [6, 6.07) is 4.81. The number of ether oxygens (including phenoxy) is 1. The van der Waals surface area contributed by atoms with Crippen LogP contribution in [0.25, 0.3) is 0 Å². The van der Waals surface area contributed by atoms with Crippen LogP contribution >= 0.6 is 0 Å². The molecule has 1 heterocycles. The van der Waals surface area contributed by atoms with Gasteiger partial charge >= 0.3 is 0 Å². The van der Waals surface area contributed by atoms with E-state index in [0.29, 0.717) is 25.6 Å². The van der Waals surface area contributed by atoms with E-state index in [1.54, 1.807) is 17.0 Å². The lowest BCUT2D eigenvalue weighted by atomic mass is 10.1. The Morgan fingerprint density at radius 1 is 1.39 bits per heavy atom. The third kappa shape index (κ3) is 4.30. The molecule has 4 nitrogen and oxygen atoms in total. The fraction of sp³-hybridized carbons (Fsp3) is 0.611. The number of likely N-dealkylation sites (N-methyl/N-ethyl adjacent to an activating group) is 1. The molecule has 1 saturated carbocycles. The van der Waals surface area contributed by atoms with E-state index >= 15 is 0 Å². The van der Waals surface area contributed by atoms with E-state index < -0.39 is 5.82 Å². The van der Waals surface area contributed by atoms with Gasteiger partial charge in [0.15, 0.2) is 0 Å². The van der Waals surface area contributed by atoms with Crippen molar-refractivity contribution in [2.75, 3.05) is 39.8 Å². The summed E-state index contributed by atoms with van der Waals surface area (Å²) in [5, 5.41) is 0. The molecule has 5 heteroatoms. The van der Waals surface area contributed by atoms with Crippen LogP contribution in [0.4, 0.5) is 4.39 Å². The minimum absolute atomic E-state index is 0.00459. The Morgan fingerprint density at radius 2 is 2.17 bits per heavy atom. The number of amides is 1. The molecule has 1 saturated heterocycles. The van der Waals surface area contributed by atoms with Crippen molar-refractivity contribution in [3.63, 3.8) is 0 Å². The predicted octanol–water partition coefficient (Wildman–Crippen LogP) is 2.32. The molecule has 23 heavy (non-hydrogen) atoms. The van der Waals surface area contributed by atoms with Gasteiger partial charge in [0.1, 0.15) is 5.82 Å². The zero-order valence-corrected chi connectivity index (χ0v) is 13.9. The van der Waals surface area contributed by atoms with Gasteiger partial charge in [-0.3, -0.25) is 4.79 Å². The lowest BCUT2D eigenvalue weighted by molar-refractivity contribution is -0.0332. The Morgan fingerprint density at radius 3 is 2.83 bits per heavy atom. The second-order valence-electron chi connectivity index (χ2n) is 6.89. The number of carbonyl (C=O) groups is 1. The number of morpholine rings is 1. The van der Waals surface area contributed by atoms with Gasteiger partial charge in [-0.25, -0.2) is 4.39 Å². The Kier molecular flexibility index (Phi) is 4.97. The summed E-state index contributed by atoms with van der Waals surface area (Å²) in [6.45, 7) is 5.48. The van der Waals surface area contributed by atoms with Crippen LogP contribution in [-0.4, -0.2) is 61.6 Å². The highest BCUT2D eigenvalue weighted by molar-refractivity contribution is 5.94. The zero-order valence-electron chi connectivity index (χ0n) is 13.9. The number of rotatable bonds is 5. The standard InChI is InChI=1S/C18H25FN2O2/c1-13-3-6-16(17(19)9-13)18(22)21(10-14-4-5-14)12-15-11-20(2)7-8-23-15/h3,6,9,14-15H,4-5,7-8,10-12H2,1-2H3. The summed E-state index contributed by atoms with van der Waals surface area (Å²) < 4.78 is 20.0. The molecule has 126 valence electrons. The Balaban J connectivity index is 1.73. The Bertz CT molecular complexity index is 574. The molecule has 2 aliphatic rings. The SMILES string of the molecule is Cc1ccc(C(=O)N(CC2CC2)CC2CN(C)CCO2)c(F)c1. The molecule has 1 atom stereocenters. The maximum atomic E-state index is 14.2. The highest BCUT2D eigenvalue weighted by Crippen LogP contribution is 2.30. The van der Waals surface area contributed by atoms with E-state index in [0.717, 1.165) is 31.5 Å². The van der Waals surface area contributed by atoms with Crippen LogP contribution in [-0.2, 0) is 4.74 Å². The summed E-state index contributed by atoms with van der Waals surface area (Å²) in [4.78, 5) is 16.8. The predicted molar refractivity (Wildman–Crippen MR) is 87.0 cm³/mol. The zero-order chi connectivity index (χ0) is 16.4. The van der Waals surface area contributed by atoms with Gasteiger partial charge in [0.05, 0.1) is 18.3 Å². The highest BCUT2D eigenvalue weighted by atomic mass is 19.1. The van der Waals surface area contributed by atoms with Crippen LogP contribution < -0.4 is 0 Å². The monoisotopic (exact) mass is 320 g/mol. The average molecular weight is 320 g/mol. The molecule has 1 aromatic rings. The van der Waals surface area contributed by atoms with Gasteiger partial charge in [0.2, 0.25) is 0 Å². The van der Waals surface area contributed by atoms with Gasteiger partial charge in [0, 0.05) is 26.2 Å². The molecule has 1 amide bonds. The lowest BCUT2D eigenvalue weighted by Crippen LogP contribution is -2.48. The molecular formula is C18H25FN2O2. The van der Waals surface area contributed by atoms with E-state index in [2.05, 4.69) is 11.9 Å². The molecule has 2 fully saturated rings. The van der Waals surface area contributed by atoms with Crippen molar-refractivity contribution in [1.29, 1.82) is 0 Å². The molecule has 1 aromatic carbocycles. The number of hydrogen-bond donors (Lipinski definition) is 0. The van der Waals surface area contributed by atoms with E-state index in [4.69, 9.17) is 4.74 Å². The number of nitrogens with zero attached hydrogens (tertiary/aromatic N) is 2. The molecule has 0 aromatic heterocycles. The van der Waals surface area contributed by atoms with E-state index in [1.807, 2.05) is 6.92 Å². The fourth-order valence-electron chi connectivity index (χ4n) is 3.04. The molecular weight excluding hydrogens is 295 g/mol. The number of carbonyl (C=O) groups excluding carboxylic acids is 1. The summed E-state index contributed by atoms with van der Waals surface area (Å²) >= 11 is 0. The van der Waals surface area contributed by atoms with E-state index in [-0.39, 0.29) is 17.6 Å². The number of aryl methyl sites for hydroxylation is 1. The number of hydrogen-bond acceptors (Lipinski definition) is 3. The van der Waals surface area contributed by atoms with Crippen molar-refractivity contribution in [1.82, 2.24) is 9.80 Å². The van der Waals surface area contributed by atoms with Crippen LogP contribution in [0.1, 0.15) is 28.8 Å². The van der Waals surface area contributed by atoms with Crippen LogP contribution in [0.2, 0.25) is 0 Å². The highest BCUT2D eigenvalue weighted by Gasteiger charge is 2.31. The fourth-order valence-corrected chi connectivity index (χ4v) is 3.04. The van der Waals surface area contributed by atoms with Gasteiger partial charge in [0.25, 0.3) is 5.91 Å². The largest absolute Gasteiger partial charge is 0.374 e. The molecule has 1 aliphatic heterocycles. The van der Waals surface area contributed by atoms with Crippen LogP contribution in [0.15, 0.2) is 18.2 Å². The first kappa shape index (κ1) is 16.4. The van der Waals surface area contributed by atoms with Crippen molar-refractivity contribution in [3.8, 4) is 0 Å². The molecule has 1 aliphatic carbocycles. The van der Waals surface area contributed by atoms with Crippen molar-refractivity contribution in [3.05, 3.63) is 35.1 Å². The smallest absolute Gasteiger partial charge is 0.256 e. The second kappa shape index (κ2) is 6.97. The molecule has 0 spiro atoms. The van der Waals surface area contributed by atoms with Crippen LogP contribution in [0.5, 0.6) is 0 Å². The lowest BCUT2D eigenvalue weighted by Gasteiger charge is -2.34. The van der Waals surface area contributed by atoms with Crippen LogP contribution in [0.3, 0.4) is 0 Å². The number of halogens is 1. The first-order valence-electron chi connectivity index (χ1n) is 8.38. The maximum Gasteiger partial charge on any atom is 0.256 e. The summed E-state index contributed by atoms with van der Waals surface area (Å²) in [5.74, 6) is -0.0857. The van der Waals surface area contributed by atoms with Gasteiger partial charge in [-0.05, 0) is 50.4 Å². The van der Waals surface area contributed by atoms with E-state index in [9.17, 15) is 9.18 Å². The number of benzene rings is 1. The Labute approximate surface area is 137 Å². The maximum absolute atomic E-state index is 14.2. The minimum Gasteiger partial charge on any atom is -0.374 e. The van der Waals surface area contributed by atoms with Crippen molar-refractivity contribution >= 4 is 5.91 Å². The normalized spacial score (nSPS) is 22.1. The van der Waals surface area contributed by atoms with Gasteiger partial charge < -0.3 is 14.5 Å². The van der Waals surface area contributed by atoms with Crippen LogP contribution in [0, 0.1) is 18.7 Å². The van der Waals surface area contributed by atoms with Crippen molar-refractivity contribution < 1.29 is 13.9 Å². The molecule has 3 rings (SSSR count). The second-order valence-corrected chi connectivity index (χ2v) is 6.89. The quantitative estimate of drug-likeness (QED) is 0.835. The Hall–Kier alpha value is -1.46. The first-order chi connectivity index (χ1) is 11.0. The van der Waals surface area contributed by atoms with Gasteiger partial charge in [-0.2, -0.15) is 0 Å². The molecule has 0 N–H and O–H groups in total. The molecule has 1 unspecified atom stereocenters. The van der Waals surface area contributed by atoms with E-state index in [1.165, 1.54) is 6.07 Å². The van der Waals surface area contributed by atoms with Crippen molar-refractivity contribution in [2.45, 2.75) is 25.9 Å². The van der Waals surface area contributed by atoms with Gasteiger partial charge in [-0.15, -0.1) is 0 Å². The third-order valence-corrected chi connectivity index (χ3v) is 4.58. The first-order valence-corrected chi connectivity index (χ1v) is 8.38. The topological polar surface area (TPSA) is 32.8 Å². The van der Waals surface area contributed by atoms with Gasteiger partial charge in [-0.1, -0.05) is 6.07 Å². The minimum atomic E-state index is -0.433. The average Bonchev–Trinajstić information content (AvgIpc) is 3.30. The third-order valence-electron chi connectivity index (χ3n) is 4.58. The van der Waals surface area contributed by atoms with Crippen molar-refractivity contribution in [2.24, 2.45) is 5.92 Å². The summed E-state index contributed by atoms with van der Waals surface area (Å²) in [5.41, 5.74) is 0.991.